The highest BCUT2D eigenvalue weighted by Crippen LogP contribution is 2.27. The molecule has 224 valence electrons. The molecule has 4 rings (SSSR count). The molecule has 1 saturated heterocycles. The van der Waals surface area contributed by atoms with Crippen LogP contribution in [0.3, 0.4) is 0 Å². The standard InChI is InChI=1S/C34H42I2N4O2/c1-24(2)37-17-15-32-34(42)40(23-31(25-9-5-3-6-10-25)26-11-7-4-8-12-26)18-16-30(39-32)22-38-33(41)27-13-14-28(20-35)29(19-27)21-36/h3-14,19,24,30-32,37,39H,15-18,20-23H2,1-2H3,(H,38,41)/t30-,32-/m0/s1. The quantitative estimate of drug-likeness (QED) is 0.145. The smallest absolute Gasteiger partial charge is 0.251 e. The van der Waals surface area contributed by atoms with Crippen molar-refractivity contribution >= 4 is 57.0 Å². The predicted molar refractivity (Wildman–Crippen MR) is 189 cm³/mol. The van der Waals surface area contributed by atoms with Crippen molar-refractivity contribution in [3.05, 3.63) is 107 Å². The van der Waals surface area contributed by atoms with E-state index in [-0.39, 0.29) is 29.8 Å². The first kappa shape index (κ1) is 32.9. The molecule has 2 amide bonds. The van der Waals surface area contributed by atoms with Crippen LogP contribution in [0.4, 0.5) is 0 Å². The Kier molecular flexibility index (Phi) is 13.1. The van der Waals surface area contributed by atoms with Crippen molar-refractivity contribution in [3.8, 4) is 0 Å². The molecule has 6 nitrogen and oxygen atoms in total. The monoisotopic (exact) mass is 792 g/mol. The number of amides is 2. The molecule has 3 aromatic rings. The number of rotatable bonds is 13. The highest BCUT2D eigenvalue weighted by molar-refractivity contribution is 14.1. The number of alkyl halides is 2. The third-order valence-electron chi connectivity index (χ3n) is 7.85. The van der Waals surface area contributed by atoms with Gasteiger partial charge in [-0.25, -0.2) is 0 Å². The molecule has 0 aromatic heterocycles. The summed E-state index contributed by atoms with van der Waals surface area (Å²) in [6, 6.07) is 26.9. The van der Waals surface area contributed by atoms with Crippen LogP contribution < -0.4 is 16.0 Å². The second-order valence-electron chi connectivity index (χ2n) is 11.2. The molecule has 0 radical (unpaired) electrons. The second kappa shape index (κ2) is 16.7. The minimum Gasteiger partial charge on any atom is -0.350 e. The third kappa shape index (κ3) is 9.24. The van der Waals surface area contributed by atoms with E-state index in [0.717, 1.165) is 21.8 Å². The van der Waals surface area contributed by atoms with Crippen LogP contribution in [0, 0.1) is 0 Å². The molecule has 3 aromatic carbocycles. The average Bonchev–Trinajstić information content (AvgIpc) is 3.16. The van der Waals surface area contributed by atoms with E-state index in [4.69, 9.17) is 0 Å². The molecule has 1 aliphatic rings. The highest BCUT2D eigenvalue weighted by atomic mass is 127. The number of nitrogens with one attached hydrogen (secondary N) is 3. The maximum atomic E-state index is 14.0. The molecule has 0 aliphatic carbocycles. The van der Waals surface area contributed by atoms with Crippen molar-refractivity contribution in [2.75, 3.05) is 26.2 Å². The van der Waals surface area contributed by atoms with Crippen molar-refractivity contribution in [1.29, 1.82) is 0 Å². The van der Waals surface area contributed by atoms with Crippen LogP contribution in [0.25, 0.3) is 0 Å². The van der Waals surface area contributed by atoms with Gasteiger partial charge in [-0.15, -0.1) is 0 Å². The Bertz CT molecular complexity index is 1250. The van der Waals surface area contributed by atoms with Crippen molar-refractivity contribution in [3.63, 3.8) is 0 Å². The molecule has 0 spiro atoms. The van der Waals surface area contributed by atoms with Crippen LogP contribution in [-0.4, -0.2) is 61.0 Å². The number of carbonyl (C=O) groups is 2. The topological polar surface area (TPSA) is 73.5 Å². The minimum atomic E-state index is -0.318. The van der Waals surface area contributed by atoms with Crippen LogP contribution >= 0.6 is 45.2 Å². The Hall–Kier alpha value is -2.02. The van der Waals surface area contributed by atoms with Crippen molar-refractivity contribution in [2.45, 2.75) is 59.6 Å². The molecule has 8 heteroatoms. The van der Waals surface area contributed by atoms with E-state index in [2.05, 4.69) is 130 Å². The zero-order valence-corrected chi connectivity index (χ0v) is 28.8. The summed E-state index contributed by atoms with van der Waals surface area (Å²) in [5, 5.41) is 10.2. The van der Waals surface area contributed by atoms with Gasteiger partial charge in [-0.2, -0.15) is 0 Å². The first-order chi connectivity index (χ1) is 20.4. The number of halogens is 2. The largest absolute Gasteiger partial charge is 0.350 e. The zero-order valence-electron chi connectivity index (χ0n) is 24.5. The Morgan fingerprint density at radius 3 is 2.19 bits per heavy atom. The van der Waals surface area contributed by atoms with Crippen LogP contribution in [0.15, 0.2) is 78.9 Å². The van der Waals surface area contributed by atoms with Gasteiger partial charge in [-0.1, -0.05) is 126 Å². The summed E-state index contributed by atoms with van der Waals surface area (Å²) < 4.78 is 1.80. The Labute approximate surface area is 278 Å². The lowest BCUT2D eigenvalue weighted by Crippen LogP contribution is -2.50. The van der Waals surface area contributed by atoms with Gasteiger partial charge < -0.3 is 20.9 Å². The van der Waals surface area contributed by atoms with Gasteiger partial charge in [0.25, 0.3) is 5.91 Å². The summed E-state index contributed by atoms with van der Waals surface area (Å²) in [6.07, 6.45) is 1.46. The van der Waals surface area contributed by atoms with Crippen LogP contribution in [0.2, 0.25) is 0 Å². The number of hydrogen-bond donors (Lipinski definition) is 3. The second-order valence-corrected chi connectivity index (χ2v) is 12.7. The van der Waals surface area contributed by atoms with Gasteiger partial charge in [-0.3, -0.25) is 9.59 Å². The summed E-state index contributed by atoms with van der Waals surface area (Å²) in [6.45, 7) is 6.71. The average molecular weight is 793 g/mol. The van der Waals surface area contributed by atoms with Crippen LogP contribution in [0.5, 0.6) is 0 Å². The van der Waals surface area contributed by atoms with Gasteiger partial charge in [0.05, 0.1) is 6.04 Å². The number of benzene rings is 3. The lowest BCUT2D eigenvalue weighted by molar-refractivity contribution is -0.133. The van der Waals surface area contributed by atoms with Crippen molar-refractivity contribution < 1.29 is 9.59 Å². The first-order valence-electron chi connectivity index (χ1n) is 14.8. The number of carbonyl (C=O) groups excluding carboxylic acids is 2. The van der Waals surface area contributed by atoms with E-state index < -0.39 is 0 Å². The molecule has 0 bridgehead atoms. The van der Waals surface area contributed by atoms with Gasteiger partial charge in [-0.05, 0) is 53.8 Å². The molecule has 0 unspecified atom stereocenters. The van der Waals surface area contributed by atoms with Gasteiger partial charge in [0, 0.05) is 52.1 Å². The van der Waals surface area contributed by atoms with E-state index in [0.29, 0.717) is 37.7 Å². The minimum absolute atomic E-state index is 0.00323. The molecule has 1 aliphatic heterocycles. The van der Waals surface area contributed by atoms with E-state index in [1.165, 1.54) is 22.3 Å². The Morgan fingerprint density at radius 1 is 0.952 bits per heavy atom. The molecular formula is C34H42I2N4O2. The maximum Gasteiger partial charge on any atom is 0.251 e. The number of nitrogens with zero attached hydrogens (tertiary/aromatic N) is 1. The third-order valence-corrected chi connectivity index (χ3v) is 9.50. The van der Waals surface area contributed by atoms with Crippen LogP contribution in [0.1, 0.15) is 65.2 Å². The molecule has 1 fully saturated rings. The van der Waals surface area contributed by atoms with E-state index in [1.54, 1.807) is 0 Å². The first-order valence-corrected chi connectivity index (χ1v) is 17.8. The molecular weight excluding hydrogens is 750 g/mol. The fraction of sp³-hybridized carbons (Fsp3) is 0.412. The lowest BCUT2D eigenvalue weighted by atomic mass is 9.90. The molecule has 3 N–H and O–H groups in total. The van der Waals surface area contributed by atoms with Gasteiger partial charge in [0.15, 0.2) is 0 Å². The lowest BCUT2D eigenvalue weighted by Gasteiger charge is -2.29. The van der Waals surface area contributed by atoms with E-state index in [1.807, 2.05) is 29.2 Å². The number of hydrogen-bond acceptors (Lipinski definition) is 4. The summed E-state index contributed by atoms with van der Waals surface area (Å²) in [5.41, 5.74) is 5.57. The summed E-state index contributed by atoms with van der Waals surface area (Å²) >= 11 is 4.72. The van der Waals surface area contributed by atoms with Crippen molar-refractivity contribution in [1.82, 2.24) is 20.9 Å². The van der Waals surface area contributed by atoms with Gasteiger partial charge in [0.1, 0.15) is 0 Å². The van der Waals surface area contributed by atoms with Gasteiger partial charge in [0.2, 0.25) is 5.91 Å². The normalized spacial score (nSPS) is 17.5. The summed E-state index contributed by atoms with van der Waals surface area (Å²) in [4.78, 5) is 29.2. The summed E-state index contributed by atoms with van der Waals surface area (Å²) in [5.74, 6) is 0.147. The van der Waals surface area contributed by atoms with Gasteiger partial charge >= 0.3 is 0 Å². The zero-order chi connectivity index (χ0) is 29.9. The van der Waals surface area contributed by atoms with Crippen molar-refractivity contribution in [2.24, 2.45) is 0 Å². The molecule has 1 heterocycles. The molecule has 0 saturated carbocycles. The SMILES string of the molecule is CC(C)NCC[C@@H]1N[C@H](CNC(=O)c2ccc(CI)c(CI)c2)CCN(CC(c2ccccc2)c2ccccc2)C1=O. The maximum absolute atomic E-state index is 14.0. The fourth-order valence-electron chi connectivity index (χ4n) is 5.48. The highest BCUT2D eigenvalue weighted by Gasteiger charge is 2.32. The summed E-state index contributed by atoms with van der Waals surface area (Å²) in [7, 11) is 0. The predicted octanol–water partition coefficient (Wildman–Crippen LogP) is 6.07. The van der Waals surface area contributed by atoms with E-state index in [9.17, 15) is 9.59 Å². The van der Waals surface area contributed by atoms with E-state index >= 15 is 0 Å². The molecule has 2 atom stereocenters. The Balaban J connectivity index is 1.49. The molecule has 42 heavy (non-hydrogen) atoms. The Morgan fingerprint density at radius 2 is 1.60 bits per heavy atom. The van der Waals surface area contributed by atoms with Crippen LogP contribution in [-0.2, 0) is 13.6 Å². The fourth-order valence-corrected chi connectivity index (χ4v) is 6.94.